The molecule has 3 aromatic heterocycles. The minimum absolute atomic E-state index is 0.131. The third-order valence-electron chi connectivity index (χ3n) is 10.8. The van der Waals surface area contributed by atoms with Gasteiger partial charge in [-0.2, -0.15) is 0 Å². The number of fused-ring (bicyclic) bond motifs is 11. The first-order chi connectivity index (χ1) is 25.8. The number of aromatic amines is 2. The molecule has 54 heavy (non-hydrogen) atoms. The Morgan fingerprint density at radius 1 is 0.759 bits per heavy atom. The minimum Gasteiger partial charge on any atom is -0.469 e. The molecular formula is C42H44N4O8. The van der Waals surface area contributed by atoms with E-state index in [-0.39, 0.29) is 42.3 Å². The van der Waals surface area contributed by atoms with E-state index in [2.05, 4.69) is 16.5 Å². The lowest BCUT2D eigenvalue weighted by atomic mass is 9.68. The van der Waals surface area contributed by atoms with Crippen molar-refractivity contribution < 1.29 is 38.1 Å². The number of hydrogen-bond acceptors (Lipinski definition) is 10. The molecule has 0 aromatic carbocycles. The highest BCUT2D eigenvalue weighted by Gasteiger charge is 2.49. The molecule has 1 unspecified atom stereocenters. The molecule has 1 atom stereocenters. The molecule has 0 spiro atoms. The molecule has 8 bridgehead atoms. The topological polar surface area (TPSA) is 163 Å². The van der Waals surface area contributed by atoms with E-state index in [1.165, 1.54) is 28.4 Å². The van der Waals surface area contributed by atoms with Gasteiger partial charge in [-0.15, -0.1) is 0 Å². The molecule has 0 amide bonds. The zero-order valence-corrected chi connectivity index (χ0v) is 31.9. The van der Waals surface area contributed by atoms with Gasteiger partial charge in [-0.3, -0.25) is 14.6 Å². The number of methoxy groups -OCH3 is 4. The van der Waals surface area contributed by atoms with Gasteiger partial charge in [0, 0.05) is 40.5 Å². The van der Waals surface area contributed by atoms with Gasteiger partial charge in [-0.05, 0) is 105 Å². The molecule has 0 radical (unpaired) electrons. The third-order valence-corrected chi connectivity index (χ3v) is 10.8. The maximum absolute atomic E-state index is 13.7. The quantitative estimate of drug-likeness (QED) is 0.174. The summed E-state index contributed by atoms with van der Waals surface area (Å²) in [5.74, 6) is -1.95. The van der Waals surface area contributed by atoms with Crippen LogP contribution in [0.15, 0.2) is 48.1 Å². The number of nitrogens with zero attached hydrogens (tertiary/aromatic N) is 2. The van der Waals surface area contributed by atoms with Crippen LogP contribution in [0, 0.1) is 13.8 Å². The zero-order valence-electron chi connectivity index (χ0n) is 31.9. The monoisotopic (exact) mass is 732 g/mol. The lowest BCUT2D eigenvalue weighted by molar-refractivity contribution is -0.141. The van der Waals surface area contributed by atoms with Crippen molar-refractivity contribution in [2.24, 2.45) is 0 Å². The molecule has 280 valence electrons. The Morgan fingerprint density at radius 2 is 1.37 bits per heavy atom. The Labute approximate surface area is 313 Å². The number of rotatable bonds is 9. The lowest BCUT2D eigenvalue weighted by Gasteiger charge is -2.32. The second-order valence-corrected chi connectivity index (χ2v) is 13.6. The maximum atomic E-state index is 13.7. The van der Waals surface area contributed by atoms with Crippen molar-refractivity contribution in [2.45, 2.75) is 65.2 Å². The summed E-state index contributed by atoms with van der Waals surface area (Å²) < 4.78 is 20.4. The highest BCUT2D eigenvalue weighted by molar-refractivity contribution is 6.07. The van der Waals surface area contributed by atoms with Gasteiger partial charge in [-0.1, -0.05) is 18.7 Å². The Morgan fingerprint density at radius 3 is 2.02 bits per heavy atom. The number of allylic oxidation sites excluding steroid dienone is 4. The van der Waals surface area contributed by atoms with E-state index in [4.69, 9.17) is 28.9 Å². The van der Waals surface area contributed by atoms with E-state index in [0.717, 1.165) is 55.5 Å². The van der Waals surface area contributed by atoms with Crippen LogP contribution in [0.25, 0.3) is 44.9 Å². The number of nitrogens with one attached hydrogen (secondary N) is 2. The molecule has 0 saturated heterocycles. The summed E-state index contributed by atoms with van der Waals surface area (Å²) in [7, 11) is 5.30. The predicted octanol–water partition coefficient (Wildman–Crippen LogP) is 6.95. The van der Waals surface area contributed by atoms with Crippen LogP contribution in [0.4, 0.5) is 0 Å². The van der Waals surface area contributed by atoms with E-state index in [1.807, 2.05) is 58.0 Å². The van der Waals surface area contributed by atoms with E-state index in [0.29, 0.717) is 41.1 Å². The normalized spacial score (nSPS) is 16.4. The summed E-state index contributed by atoms with van der Waals surface area (Å²) in [5.41, 5.74) is 10.6. The molecule has 2 aliphatic heterocycles. The van der Waals surface area contributed by atoms with Crippen LogP contribution in [-0.4, -0.2) is 72.3 Å². The highest BCUT2D eigenvalue weighted by atomic mass is 16.5. The summed E-state index contributed by atoms with van der Waals surface area (Å²) in [6.45, 7) is 11.9. The second kappa shape index (κ2) is 14.8. The maximum Gasteiger partial charge on any atom is 0.335 e. The Hall–Kier alpha value is -6.04. The molecule has 12 heteroatoms. The SMILES string of the molecule is C=Cc1c(C)c2cc3nc(cc4[nH]c(cc5nc(cc1[nH]2)C1(C)C5=CCC(C(=O)OC)=C1C(=O)OC)c(C)c4CCC(=O)OC)C(CCC(=O)OC)=C3C. The van der Waals surface area contributed by atoms with Crippen molar-refractivity contribution in [3.05, 3.63) is 93.1 Å². The fourth-order valence-corrected chi connectivity index (χ4v) is 7.75. The standard InChI is InChI=1S/C42H44N4O8/c1-10-24-21(2)29-17-30-22(3)25(12-15-37(47)51-6)32(43-30)19-33-26(13-16-38(48)52-7)23(4)31(44-33)18-35-28-14-11-27(40(49)53-8)39(41(50)54-9)42(28,5)36(46-35)20-34(24)45-29/h10,14,17-20,44-45H,1,11-13,15-16H2,2-9H3. The van der Waals surface area contributed by atoms with Crippen LogP contribution in [0.3, 0.4) is 0 Å². The third kappa shape index (κ3) is 6.35. The second-order valence-electron chi connectivity index (χ2n) is 13.6. The van der Waals surface area contributed by atoms with Crippen LogP contribution < -0.4 is 0 Å². The van der Waals surface area contributed by atoms with Gasteiger partial charge >= 0.3 is 23.9 Å². The first kappa shape index (κ1) is 37.7. The van der Waals surface area contributed by atoms with E-state index >= 15 is 0 Å². The van der Waals surface area contributed by atoms with Crippen LogP contribution >= 0.6 is 0 Å². The minimum atomic E-state index is -1.20. The Balaban J connectivity index is 1.76. The number of aromatic nitrogens is 4. The van der Waals surface area contributed by atoms with Gasteiger partial charge in [0.2, 0.25) is 0 Å². The van der Waals surface area contributed by atoms with Crippen molar-refractivity contribution in [1.29, 1.82) is 0 Å². The molecule has 5 heterocycles. The van der Waals surface area contributed by atoms with Crippen molar-refractivity contribution >= 4 is 68.7 Å². The van der Waals surface area contributed by atoms with Gasteiger partial charge in [-0.25, -0.2) is 14.6 Å². The highest BCUT2D eigenvalue weighted by Crippen LogP contribution is 2.51. The first-order valence-corrected chi connectivity index (χ1v) is 17.6. The van der Waals surface area contributed by atoms with Crippen molar-refractivity contribution in [3.63, 3.8) is 0 Å². The molecule has 3 aliphatic rings. The van der Waals surface area contributed by atoms with Crippen LogP contribution in [0.1, 0.15) is 84.6 Å². The van der Waals surface area contributed by atoms with Gasteiger partial charge in [0.15, 0.2) is 0 Å². The van der Waals surface area contributed by atoms with E-state index in [1.54, 1.807) is 6.08 Å². The average Bonchev–Trinajstić information content (AvgIpc) is 3.82. The summed E-state index contributed by atoms with van der Waals surface area (Å²) in [6, 6.07) is 7.72. The van der Waals surface area contributed by atoms with Crippen LogP contribution in [-0.2, 0) is 50.0 Å². The summed E-state index contributed by atoms with van der Waals surface area (Å²) in [4.78, 5) is 68.9. The molecule has 1 aliphatic carbocycles. The fourth-order valence-electron chi connectivity index (χ4n) is 7.75. The molecule has 6 rings (SSSR count). The number of hydrogen-bond donors (Lipinski definition) is 2. The Kier molecular flexibility index (Phi) is 10.3. The average molecular weight is 733 g/mol. The van der Waals surface area contributed by atoms with Gasteiger partial charge in [0.1, 0.15) is 0 Å². The van der Waals surface area contributed by atoms with Gasteiger partial charge in [0.25, 0.3) is 0 Å². The summed E-state index contributed by atoms with van der Waals surface area (Å²) in [6.07, 6.45) is 4.92. The zero-order chi connectivity index (χ0) is 39.1. The number of aryl methyl sites for hydroxylation is 3. The number of esters is 4. The molecule has 0 fully saturated rings. The predicted molar refractivity (Wildman–Crippen MR) is 206 cm³/mol. The molecule has 2 N–H and O–H groups in total. The molecule has 3 aromatic rings. The number of ether oxygens (including phenoxy) is 4. The Bertz CT molecular complexity index is 2410. The largest absolute Gasteiger partial charge is 0.469 e. The number of carbonyl (C=O) groups excluding carboxylic acids is 4. The lowest BCUT2D eigenvalue weighted by Crippen LogP contribution is -2.34. The van der Waals surface area contributed by atoms with Gasteiger partial charge < -0.3 is 28.9 Å². The van der Waals surface area contributed by atoms with E-state index in [9.17, 15) is 19.2 Å². The molecule has 0 saturated carbocycles. The first-order valence-electron chi connectivity index (χ1n) is 17.6. The van der Waals surface area contributed by atoms with Crippen LogP contribution in [0.5, 0.6) is 0 Å². The van der Waals surface area contributed by atoms with Crippen molar-refractivity contribution in [2.75, 3.05) is 28.4 Å². The smallest absolute Gasteiger partial charge is 0.335 e. The van der Waals surface area contributed by atoms with Crippen molar-refractivity contribution in [3.8, 4) is 0 Å². The van der Waals surface area contributed by atoms with Crippen molar-refractivity contribution in [1.82, 2.24) is 19.9 Å². The number of carbonyl (C=O) groups is 4. The molecule has 12 nitrogen and oxygen atoms in total. The number of H-pyrrole nitrogens is 2. The van der Waals surface area contributed by atoms with Crippen LogP contribution in [0.2, 0.25) is 0 Å². The van der Waals surface area contributed by atoms with Gasteiger partial charge in [0.05, 0.1) is 67.8 Å². The summed E-state index contributed by atoms with van der Waals surface area (Å²) in [5, 5.41) is 0. The molecular weight excluding hydrogens is 688 g/mol. The fraction of sp³-hybridized carbons (Fsp3) is 0.333. The summed E-state index contributed by atoms with van der Waals surface area (Å²) >= 11 is 0. The van der Waals surface area contributed by atoms with E-state index < -0.39 is 17.4 Å².